The van der Waals surface area contributed by atoms with Crippen molar-refractivity contribution in [1.82, 2.24) is 20.3 Å². The summed E-state index contributed by atoms with van der Waals surface area (Å²) in [5.41, 5.74) is 0.989. The molecule has 0 radical (unpaired) electrons. The Bertz CT molecular complexity index is 352. The third-order valence-electron chi connectivity index (χ3n) is 2.72. The molecule has 104 valence electrons. The first-order valence-electron chi connectivity index (χ1n) is 5.96. The van der Waals surface area contributed by atoms with Gasteiger partial charge in [0.1, 0.15) is 6.04 Å². The van der Waals surface area contributed by atoms with Crippen LogP contribution in [-0.2, 0) is 17.8 Å². The predicted molar refractivity (Wildman–Crippen MR) is 70.5 cm³/mol. The third kappa shape index (κ3) is 5.27. The van der Waals surface area contributed by atoms with E-state index in [4.69, 9.17) is 5.11 Å². The lowest BCUT2D eigenvalue weighted by atomic mass is 10.1. The van der Waals surface area contributed by atoms with Gasteiger partial charge in [-0.2, -0.15) is 0 Å². The van der Waals surface area contributed by atoms with Crippen LogP contribution in [0, 0.1) is 0 Å². The Kier molecular flexibility index (Phi) is 7.94. The molecule has 0 aliphatic rings. The first-order chi connectivity index (χ1) is 8.17. The van der Waals surface area contributed by atoms with Gasteiger partial charge in [0.05, 0.1) is 5.69 Å². The minimum absolute atomic E-state index is 0. The van der Waals surface area contributed by atoms with Gasteiger partial charge >= 0.3 is 5.97 Å². The van der Waals surface area contributed by atoms with Crippen molar-refractivity contribution in [2.45, 2.75) is 52.6 Å². The topological polar surface area (TPSA) is 80.0 Å². The molecule has 1 aromatic heterocycles. The van der Waals surface area contributed by atoms with E-state index in [0.29, 0.717) is 6.42 Å². The zero-order chi connectivity index (χ0) is 12.7. The predicted octanol–water partition coefficient (Wildman–Crippen LogP) is 1.32. The van der Waals surface area contributed by atoms with Crippen molar-refractivity contribution in [3.8, 4) is 0 Å². The maximum absolute atomic E-state index is 10.7. The summed E-state index contributed by atoms with van der Waals surface area (Å²) < 4.78 is 1.81. The molecule has 1 unspecified atom stereocenters. The molecular formula is C12H24N4O2. The van der Waals surface area contributed by atoms with Gasteiger partial charge in [-0.05, 0) is 32.7 Å². The number of likely N-dealkylation sites (N-methyl/N-ethyl adjacent to an activating group) is 1. The van der Waals surface area contributed by atoms with E-state index in [9.17, 15) is 4.79 Å². The summed E-state index contributed by atoms with van der Waals surface area (Å²) in [6.45, 7) is 2.84. The number of unbranched alkanes of at least 4 members (excludes halogenated alkanes) is 1. The molecule has 0 saturated carbocycles. The molecule has 0 amide bonds. The van der Waals surface area contributed by atoms with E-state index in [1.165, 1.54) is 0 Å². The Morgan fingerprint density at radius 1 is 1.56 bits per heavy atom. The van der Waals surface area contributed by atoms with Crippen LogP contribution in [0.4, 0.5) is 0 Å². The molecule has 1 aromatic rings. The molecular weight excluding hydrogens is 232 g/mol. The number of carbonyl (C=O) groups is 1. The van der Waals surface area contributed by atoms with Crippen LogP contribution in [0.5, 0.6) is 0 Å². The van der Waals surface area contributed by atoms with Gasteiger partial charge in [-0.1, -0.05) is 19.6 Å². The SMILES string of the molecule is C.CCc1cn(CCCCC(NC)C(=O)O)nn1. The van der Waals surface area contributed by atoms with Crippen LogP contribution < -0.4 is 5.32 Å². The molecule has 1 heterocycles. The van der Waals surface area contributed by atoms with Crippen LogP contribution in [0.15, 0.2) is 6.20 Å². The Hall–Kier alpha value is -1.43. The summed E-state index contributed by atoms with van der Waals surface area (Å²) in [6.07, 6.45) is 5.24. The monoisotopic (exact) mass is 256 g/mol. The molecule has 0 saturated heterocycles. The van der Waals surface area contributed by atoms with Crippen molar-refractivity contribution in [3.63, 3.8) is 0 Å². The van der Waals surface area contributed by atoms with Gasteiger partial charge in [0, 0.05) is 12.7 Å². The number of nitrogens with one attached hydrogen (secondary N) is 1. The van der Waals surface area contributed by atoms with Gasteiger partial charge < -0.3 is 10.4 Å². The van der Waals surface area contributed by atoms with Crippen molar-refractivity contribution in [3.05, 3.63) is 11.9 Å². The van der Waals surface area contributed by atoms with E-state index >= 15 is 0 Å². The van der Waals surface area contributed by atoms with Crippen LogP contribution in [0.1, 0.15) is 39.3 Å². The Labute approximate surface area is 108 Å². The first-order valence-corrected chi connectivity index (χ1v) is 5.96. The summed E-state index contributed by atoms with van der Waals surface area (Å²) in [6, 6.07) is -0.447. The lowest BCUT2D eigenvalue weighted by Gasteiger charge is -2.10. The molecule has 0 aromatic carbocycles. The van der Waals surface area contributed by atoms with Gasteiger partial charge in [0.2, 0.25) is 0 Å². The molecule has 18 heavy (non-hydrogen) atoms. The number of aliphatic carboxylic acids is 1. The Morgan fingerprint density at radius 3 is 2.78 bits per heavy atom. The minimum Gasteiger partial charge on any atom is -0.480 e. The quantitative estimate of drug-likeness (QED) is 0.686. The van der Waals surface area contributed by atoms with Crippen LogP contribution >= 0.6 is 0 Å². The second-order valence-corrected chi connectivity index (χ2v) is 4.00. The highest BCUT2D eigenvalue weighted by atomic mass is 16.4. The molecule has 2 N–H and O–H groups in total. The standard InChI is InChI=1S/C11H20N4O2.CH4/c1-3-9-8-15(14-13-9)7-5-4-6-10(12-2)11(16)17;/h8,10,12H,3-7H2,1-2H3,(H,16,17);1H4. The molecule has 1 atom stereocenters. The molecule has 0 fully saturated rings. The number of aryl methyl sites for hydroxylation is 2. The maximum atomic E-state index is 10.7. The average molecular weight is 256 g/mol. The first kappa shape index (κ1) is 16.6. The number of carboxylic acids is 1. The molecule has 0 aliphatic heterocycles. The van der Waals surface area contributed by atoms with E-state index in [-0.39, 0.29) is 7.43 Å². The molecule has 6 nitrogen and oxygen atoms in total. The summed E-state index contributed by atoms with van der Waals surface area (Å²) in [4.78, 5) is 10.7. The number of nitrogens with zero attached hydrogens (tertiary/aromatic N) is 3. The molecule has 0 spiro atoms. The zero-order valence-electron chi connectivity index (χ0n) is 10.4. The number of rotatable bonds is 8. The highest BCUT2D eigenvalue weighted by Crippen LogP contribution is 2.03. The fourth-order valence-corrected chi connectivity index (χ4v) is 1.62. The second-order valence-electron chi connectivity index (χ2n) is 4.00. The van der Waals surface area contributed by atoms with Crippen molar-refractivity contribution in [2.24, 2.45) is 0 Å². The van der Waals surface area contributed by atoms with Crippen molar-refractivity contribution in [1.29, 1.82) is 0 Å². The number of hydrogen-bond acceptors (Lipinski definition) is 4. The van der Waals surface area contributed by atoms with E-state index in [2.05, 4.69) is 15.6 Å². The third-order valence-corrected chi connectivity index (χ3v) is 2.72. The van der Waals surface area contributed by atoms with E-state index in [0.717, 1.165) is 31.5 Å². The lowest BCUT2D eigenvalue weighted by Crippen LogP contribution is -2.33. The number of hydrogen-bond donors (Lipinski definition) is 2. The van der Waals surface area contributed by atoms with Gasteiger partial charge in [0.15, 0.2) is 0 Å². The van der Waals surface area contributed by atoms with Gasteiger partial charge in [-0.25, -0.2) is 0 Å². The highest BCUT2D eigenvalue weighted by Gasteiger charge is 2.13. The molecule has 1 rings (SSSR count). The van der Waals surface area contributed by atoms with E-state index in [1.807, 2.05) is 17.8 Å². The number of carboxylic acid groups (broad SMARTS) is 1. The molecule has 0 aliphatic carbocycles. The van der Waals surface area contributed by atoms with Gasteiger partial charge in [-0.15, -0.1) is 5.10 Å². The smallest absolute Gasteiger partial charge is 0.320 e. The van der Waals surface area contributed by atoms with E-state index < -0.39 is 12.0 Å². The normalized spacial score (nSPS) is 11.9. The van der Waals surface area contributed by atoms with Crippen molar-refractivity contribution >= 4 is 5.97 Å². The zero-order valence-corrected chi connectivity index (χ0v) is 10.4. The largest absolute Gasteiger partial charge is 0.480 e. The summed E-state index contributed by atoms with van der Waals surface area (Å²) in [5, 5.41) is 19.6. The lowest BCUT2D eigenvalue weighted by molar-refractivity contribution is -0.139. The summed E-state index contributed by atoms with van der Waals surface area (Å²) in [7, 11) is 1.67. The van der Waals surface area contributed by atoms with Gasteiger partial charge in [0.25, 0.3) is 0 Å². The fraction of sp³-hybridized carbons (Fsp3) is 0.750. The van der Waals surface area contributed by atoms with Crippen LogP contribution in [-0.4, -0.2) is 39.2 Å². The van der Waals surface area contributed by atoms with E-state index in [1.54, 1.807) is 7.05 Å². The average Bonchev–Trinajstić information content (AvgIpc) is 2.76. The highest BCUT2D eigenvalue weighted by molar-refractivity contribution is 5.73. The summed E-state index contributed by atoms with van der Waals surface area (Å²) >= 11 is 0. The van der Waals surface area contributed by atoms with Crippen LogP contribution in [0.2, 0.25) is 0 Å². The summed E-state index contributed by atoms with van der Waals surface area (Å²) in [5.74, 6) is -0.790. The minimum atomic E-state index is -0.790. The maximum Gasteiger partial charge on any atom is 0.320 e. The Balaban J connectivity index is 0.00000289. The molecule has 0 bridgehead atoms. The Morgan fingerprint density at radius 2 is 2.28 bits per heavy atom. The number of aromatic nitrogens is 3. The van der Waals surface area contributed by atoms with Crippen molar-refractivity contribution < 1.29 is 9.90 Å². The van der Waals surface area contributed by atoms with Gasteiger partial charge in [-0.3, -0.25) is 9.48 Å². The second kappa shape index (κ2) is 8.63. The molecule has 6 heteroatoms. The van der Waals surface area contributed by atoms with Crippen molar-refractivity contribution in [2.75, 3.05) is 7.05 Å². The fourth-order valence-electron chi connectivity index (χ4n) is 1.62. The van der Waals surface area contributed by atoms with Crippen LogP contribution in [0.3, 0.4) is 0 Å². The van der Waals surface area contributed by atoms with Crippen LogP contribution in [0.25, 0.3) is 0 Å².